The molecule has 0 aliphatic carbocycles. The Morgan fingerprint density at radius 1 is 1.00 bits per heavy atom. The summed E-state index contributed by atoms with van der Waals surface area (Å²) in [7, 11) is 1.61. The maximum absolute atomic E-state index is 12.7. The highest BCUT2D eigenvalue weighted by atomic mass is 32.2. The Balaban J connectivity index is 1.52. The zero-order valence-electron chi connectivity index (χ0n) is 15.9. The zero-order valence-corrected chi connectivity index (χ0v) is 16.8. The van der Waals surface area contributed by atoms with Gasteiger partial charge in [-0.05, 0) is 48.9 Å². The first kappa shape index (κ1) is 18.4. The number of ether oxygens (including phenoxy) is 1. The van der Waals surface area contributed by atoms with Gasteiger partial charge in [-0.1, -0.05) is 42.1 Å². The van der Waals surface area contributed by atoms with Crippen molar-refractivity contribution in [1.29, 1.82) is 0 Å². The summed E-state index contributed by atoms with van der Waals surface area (Å²) in [4.78, 5) is 17.3. The number of carbonyl (C=O) groups excluding carboxylic acids is 1. The van der Waals surface area contributed by atoms with Crippen molar-refractivity contribution in [2.45, 2.75) is 23.1 Å². The van der Waals surface area contributed by atoms with Crippen LogP contribution in [0.3, 0.4) is 0 Å². The molecule has 142 valence electrons. The highest BCUT2D eigenvalue weighted by Crippen LogP contribution is 2.47. The van der Waals surface area contributed by atoms with E-state index in [4.69, 9.17) is 4.74 Å². The number of nitrogens with one attached hydrogen (secondary N) is 1. The third kappa shape index (κ3) is 3.71. The lowest BCUT2D eigenvalue weighted by molar-refractivity contribution is -0.116. The van der Waals surface area contributed by atoms with Gasteiger partial charge in [0, 0.05) is 22.8 Å². The molecule has 1 amide bonds. The molecule has 0 unspecified atom stereocenters. The van der Waals surface area contributed by atoms with Crippen LogP contribution in [0.15, 0.2) is 76.5 Å². The van der Waals surface area contributed by atoms with E-state index in [0.717, 1.165) is 16.9 Å². The number of hydrogen-bond acceptors (Lipinski definition) is 4. The quantitative estimate of drug-likeness (QED) is 0.612. The summed E-state index contributed by atoms with van der Waals surface area (Å²) in [6, 6.07) is 22.4. The summed E-state index contributed by atoms with van der Waals surface area (Å²) in [5.41, 5.74) is 4.08. The van der Waals surface area contributed by atoms with Gasteiger partial charge >= 0.3 is 0 Å². The Hall–Kier alpha value is -2.92. The molecule has 1 N–H and O–H groups in total. The Morgan fingerprint density at radius 2 is 1.64 bits per heavy atom. The smallest absolute Gasteiger partial charge is 0.226 e. The zero-order chi connectivity index (χ0) is 19.5. The largest absolute Gasteiger partial charge is 0.495 e. The van der Waals surface area contributed by atoms with E-state index >= 15 is 0 Å². The summed E-state index contributed by atoms with van der Waals surface area (Å²) < 4.78 is 5.36. The number of anilines is 3. The molecule has 0 atom stereocenters. The molecule has 1 aliphatic heterocycles. The summed E-state index contributed by atoms with van der Waals surface area (Å²) in [5.74, 6) is 0.640. The summed E-state index contributed by atoms with van der Waals surface area (Å²) in [6.07, 6.45) is 0.379. The topological polar surface area (TPSA) is 41.6 Å². The van der Waals surface area contributed by atoms with Crippen molar-refractivity contribution < 1.29 is 9.53 Å². The maximum Gasteiger partial charge on any atom is 0.226 e. The van der Waals surface area contributed by atoms with Gasteiger partial charge in [0.25, 0.3) is 0 Å². The minimum atomic E-state index is -0.0305. The Morgan fingerprint density at radius 3 is 2.29 bits per heavy atom. The number of carbonyl (C=O) groups is 1. The first-order chi connectivity index (χ1) is 13.7. The van der Waals surface area contributed by atoms with Crippen molar-refractivity contribution in [3.8, 4) is 5.75 Å². The molecule has 3 aromatic carbocycles. The van der Waals surface area contributed by atoms with Gasteiger partial charge in [0.05, 0.1) is 24.2 Å². The first-order valence-electron chi connectivity index (χ1n) is 9.23. The van der Waals surface area contributed by atoms with Crippen molar-refractivity contribution in [2.75, 3.05) is 23.9 Å². The van der Waals surface area contributed by atoms with Crippen LogP contribution in [0.5, 0.6) is 5.75 Å². The molecule has 0 aromatic heterocycles. The van der Waals surface area contributed by atoms with Crippen molar-refractivity contribution in [3.63, 3.8) is 0 Å². The lowest BCUT2D eigenvalue weighted by Gasteiger charge is -2.32. The summed E-state index contributed by atoms with van der Waals surface area (Å²) in [6.45, 7) is 2.60. The van der Waals surface area contributed by atoms with Crippen molar-refractivity contribution in [3.05, 3.63) is 72.3 Å². The number of hydrogen-bond donors (Lipinski definition) is 1. The van der Waals surface area contributed by atoms with Gasteiger partial charge in [-0.3, -0.25) is 4.79 Å². The first-order valence-corrected chi connectivity index (χ1v) is 10.1. The minimum Gasteiger partial charge on any atom is -0.495 e. The second-order valence-corrected chi connectivity index (χ2v) is 7.77. The lowest BCUT2D eigenvalue weighted by Crippen LogP contribution is -2.26. The van der Waals surface area contributed by atoms with Gasteiger partial charge in [0.2, 0.25) is 5.91 Å². The van der Waals surface area contributed by atoms with Crippen molar-refractivity contribution >= 4 is 34.7 Å². The van der Waals surface area contributed by atoms with E-state index in [1.54, 1.807) is 18.9 Å². The van der Waals surface area contributed by atoms with Gasteiger partial charge in [-0.2, -0.15) is 0 Å². The molecular formula is C23H22N2O2S. The molecular weight excluding hydrogens is 368 g/mol. The average Bonchev–Trinajstić information content (AvgIpc) is 2.71. The van der Waals surface area contributed by atoms with Crippen LogP contribution in [-0.2, 0) is 4.79 Å². The monoisotopic (exact) mass is 390 g/mol. The standard InChI is InChI=1S/C23H22N2O2S/c1-16-11-12-20(27-2)17(15-16)24-23(26)13-14-25-18-7-3-5-9-21(18)28-22-10-6-4-8-19(22)25/h3-12,15H,13-14H2,1-2H3,(H,24,26). The van der Waals surface area contributed by atoms with Crippen LogP contribution >= 0.6 is 11.8 Å². The molecule has 0 radical (unpaired) electrons. The molecule has 0 fully saturated rings. The number of fused-ring (bicyclic) bond motifs is 2. The van der Waals surface area contributed by atoms with Gasteiger partial charge in [-0.25, -0.2) is 0 Å². The molecule has 3 aromatic rings. The number of benzene rings is 3. The van der Waals surface area contributed by atoms with Gasteiger partial charge in [-0.15, -0.1) is 0 Å². The summed E-state index contributed by atoms with van der Waals surface area (Å²) >= 11 is 1.77. The van der Waals surface area contributed by atoms with E-state index in [2.05, 4.69) is 46.6 Å². The molecule has 1 heterocycles. The molecule has 28 heavy (non-hydrogen) atoms. The van der Waals surface area contributed by atoms with E-state index in [1.165, 1.54) is 9.79 Å². The number of aryl methyl sites for hydroxylation is 1. The number of rotatable bonds is 5. The second-order valence-electron chi connectivity index (χ2n) is 6.69. The number of amides is 1. The number of para-hydroxylation sites is 2. The fraction of sp³-hybridized carbons (Fsp3) is 0.174. The molecule has 0 bridgehead atoms. The van der Waals surface area contributed by atoms with E-state index in [-0.39, 0.29) is 5.91 Å². The SMILES string of the molecule is COc1ccc(C)cc1NC(=O)CCN1c2ccccc2Sc2ccccc21. The molecule has 1 aliphatic rings. The normalized spacial score (nSPS) is 12.1. The van der Waals surface area contributed by atoms with Crippen molar-refractivity contribution in [2.24, 2.45) is 0 Å². The fourth-order valence-corrected chi connectivity index (χ4v) is 4.46. The second kappa shape index (κ2) is 7.98. The average molecular weight is 391 g/mol. The van der Waals surface area contributed by atoms with Crippen LogP contribution in [-0.4, -0.2) is 19.6 Å². The Labute approximate surface area is 169 Å². The Bertz CT molecular complexity index is 973. The van der Waals surface area contributed by atoms with E-state index in [1.807, 2.05) is 37.3 Å². The minimum absolute atomic E-state index is 0.0305. The predicted octanol–water partition coefficient (Wildman–Crippen LogP) is 5.64. The maximum atomic E-state index is 12.7. The number of nitrogens with zero attached hydrogens (tertiary/aromatic N) is 1. The molecule has 5 heteroatoms. The Kier molecular flexibility index (Phi) is 5.26. The van der Waals surface area contributed by atoms with E-state index in [9.17, 15) is 4.79 Å². The molecule has 0 spiro atoms. The molecule has 0 saturated heterocycles. The third-order valence-corrected chi connectivity index (χ3v) is 5.85. The third-order valence-electron chi connectivity index (χ3n) is 4.72. The van der Waals surface area contributed by atoms with Crippen LogP contribution in [0, 0.1) is 6.92 Å². The van der Waals surface area contributed by atoms with Gasteiger partial charge in [0.15, 0.2) is 0 Å². The van der Waals surface area contributed by atoms with Crippen LogP contribution in [0.1, 0.15) is 12.0 Å². The molecule has 4 nitrogen and oxygen atoms in total. The van der Waals surface area contributed by atoms with Crippen LogP contribution < -0.4 is 15.0 Å². The molecule has 4 rings (SSSR count). The van der Waals surface area contributed by atoms with Crippen molar-refractivity contribution in [1.82, 2.24) is 0 Å². The van der Waals surface area contributed by atoms with Crippen LogP contribution in [0.4, 0.5) is 17.1 Å². The van der Waals surface area contributed by atoms with Crippen LogP contribution in [0.2, 0.25) is 0 Å². The van der Waals surface area contributed by atoms with Gasteiger partial charge < -0.3 is 15.0 Å². The summed E-state index contributed by atoms with van der Waals surface area (Å²) in [5, 5.41) is 2.99. The lowest BCUT2D eigenvalue weighted by atomic mass is 10.2. The van der Waals surface area contributed by atoms with Gasteiger partial charge in [0.1, 0.15) is 5.75 Å². The fourth-order valence-electron chi connectivity index (χ4n) is 3.37. The number of methoxy groups -OCH3 is 1. The van der Waals surface area contributed by atoms with E-state index < -0.39 is 0 Å². The van der Waals surface area contributed by atoms with Crippen LogP contribution in [0.25, 0.3) is 0 Å². The molecule has 0 saturated carbocycles. The van der Waals surface area contributed by atoms with E-state index in [0.29, 0.717) is 24.4 Å². The highest BCUT2D eigenvalue weighted by molar-refractivity contribution is 7.99. The highest BCUT2D eigenvalue weighted by Gasteiger charge is 2.23. The predicted molar refractivity (Wildman–Crippen MR) is 115 cm³/mol.